The van der Waals surface area contributed by atoms with Crippen LogP contribution in [0.4, 0.5) is 0 Å². The number of carbonyl (C=O) groups excluding carboxylic acids is 1. The first-order valence-electron chi connectivity index (χ1n) is 4.07. The predicted octanol–water partition coefficient (Wildman–Crippen LogP) is 3.89. The average Bonchev–Trinajstić information content (AvgIpc) is 2.02. The molecule has 0 unspecified atom stereocenters. The summed E-state index contributed by atoms with van der Waals surface area (Å²) >= 11 is 4.47. The monoisotopic (exact) mass is 448 g/mol. The topological polar surface area (TPSA) is 17.1 Å². The summed E-state index contributed by atoms with van der Waals surface area (Å²) in [5.41, 5.74) is 1.05. The number of rotatable bonds is 2. The summed E-state index contributed by atoms with van der Waals surface area (Å²) in [7, 11) is -0.475. The molecule has 0 aromatic heterocycles. The molecule has 13 heavy (non-hydrogen) atoms. The van der Waals surface area contributed by atoms with Gasteiger partial charge in [0, 0.05) is 0 Å². The SMILES string of the molecule is O=[C](C1=CCCC=CCC1)[Co]([I])[I]. The third kappa shape index (κ3) is 4.44. The molecule has 0 heterocycles. The predicted molar refractivity (Wildman–Crippen MR) is 68.7 cm³/mol. The van der Waals surface area contributed by atoms with Crippen LogP contribution in [0.5, 0.6) is 0 Å². The van der Waals surface area contributed by atoms with Crippen LogP contribution in [-0.2, 0) is 12.0 Å². The average molecular weight is 448 g/mol. The zero-order chi connectivity index (χ0) is 9.68. The Hall–Kier alpha value is 1.12. The van der Waals surface area contributed by atoms with Gasteiger partial charge in [-0.2, -0.15) is 0 Å². The number of halogens is 2. The van der Waals surface area contributed by atoms with E-state index in [1.165, 1.54) is 0 Å². The van der Waals surface area contributed by atoms with Crippen LogP contribution >= 0.6 is 40.8 Å². The fraction of sp³-hybridized carbons (Fsp3) is 0.444. The van der Waals surface area contributed by atoms with E-state index in [1.54, 1.807) is 0 Å². The van der Waals surface area contributed by atoms with Gasteiger partial charge in [0.1, 0.15) is 0 Å². The molecule has 0 aromatic carbocycles. The molecule has 4 heteroatoms. The van der Waals surface area contributed by atoms with Crippen molar-refractivity contribution in [1.29, 1.82) is 0 Å². The van der Waals surface area contributed by atoms with Gasteiger partial charge >= 0.3 is 107 Å². The van der Waals surface area contributed by atoms with E-state index in [0.29, 0.717) is 4.72 Å². The zero-order valence-electron chi connectivity index (χ0n) is 7.06. The molecular formula is C9H11CoI2O. The molecule has 0 amide bonds. The molecule has 0 atom stereocenters. The molecule has 0 bridgehead atoms. The summed E-state index contributed by atoms with van der Waals surface area (Å²) in [6, 6.07) is 0. The molecule has 0 aliphatic heterocycles. The van der Waals surface area contributed by atoms with Crippen LogP contribution in [0.3, 0.4) is 0 Å². The summed E-state index contributed by atoms with van der Waals surface area (Å²) < 4.78 is 0.365. The fourth-order valence-corrected chi connectivity index (χ4v) is 3.57. The van der Waals surface area contributed by atoms with Crippen molar-refractivity contribution in [1.82, 2.24) is 0 Å². The van der Waals surface area contributed by atoms with Crippen LogP contribution in [0.15, 0.2) is 23.8 Å². The quantitative estimate of drug-likeness (QED) is 0.463. The Morgan fingerprint density at radius 1 is 1.23 bits per heavy atom. The van der Waals surface area contributed by atoms with Gasteiger partial charge in [-0.1, -0.05) is 0 Å². The van der Waals surface area contributed by atoms with Crippen molar-refractivity contribution in [2.45, 2.75) is 25.7 Å². The van der Waals surface area contributed by atoms with Gasteiger partial charge in [0.2, 0.25) is 0 Å². The van der Waals surface area contributed by atoms with E-state index < -0.39 is 7.22 Å². The van der Waals surface area contributed by atoms with E-state index >= 15 is 0 Å². The van der Waals surface area contributed by atoms with Crippen LogP contribution in [0, 0.1) is 0 Å². The van der Waals surface area contributed by atoms with Crippen LogP contribution in [0.1, 0.15) is 25.7 Å². The van der Waals surface area contributed by atoms with Gasteiger partial charge in [0.15, 0.2) is 0 Å². The van der Waals surface area contributed by atoms with Crippen LogP contribution in [0.25, 0.3) is 0 Å². The van der Waals surface area contributed by atoms with Gasteiger partial charge in [0.05, 0.1) is 0 Å². The minimum atomic E-state index is -0.475. The van der Waals surface area contributed by atoms with E-state index in [9.17, 15) is 4.79 Å². The molecule has 1 aliphatic carbocycles. The van der Waals surface area contributed by atoms with Crippen LogP contribution in [0.2, 0.25) is 0 Å². The van der Waals surface area contributed by atoms with E-state index in [2.05, 4.69) is 59.1 Å². The van der Waals surface area contributed by atoms with E-state index in [-0.39, 0.29) is 0 Å². The molecule has 0 saturated carbocycles. The van der Waals surface area contributed by atoms with Gasteiger partial charge in [0.25, 0.3) is 0 Å². The molecule has 0 saturated heterocycles. The van der Waals surface area contributed by atoms with E-state index in [4.69, 9.17) is 0 Å². The Balaban J connectivity index is 2.61. The van der Waals surface area contributed by atoms with Gasteiger partial charge in [-0.3, -0.25) is 0 Å². The molecule has 1 nitrogen and oxygen atoms in total. The van der Waals surface area contributed by atoms with Gasteiger partial charge < -0.3 is 0 Å². The molecule has 0 radical (unpaired) electrons. The second-order valence-electron chi connectivity index (χ2n) is 2.74. The Morgan fingerprint density at radius 2 is 1.92 bits per heavy atom. The molecular weight excluding hydrogens is 437 g/mol. The van der Waals surface area contributed by atoms with Gasteiger partial charge in [-0.25, -0.2) is 0 Å². The third-order valence-corrected chi connectivity index (χ3v) is 5.21. The zero-order valence-corrected chi connectivity index (χ0v) is 12.4. The number of hydrogen-bond acceptors (Lipinski definition) is 1. The van der Waals surface area contributed by atoms with Crippen molar-refractivity contribution in [3.05, 3.63) is 23.8 Å². The third-order valence-electron chi connectivity index (χ3n) is 1.82. The Morgan fingerprint density at radius 3 is 2.62 bits per heavy atom. The first-order valence-corrected chi connectivity index (χ1v) is 11.3. The van der Waals surface area contributed by atoms with Crippen molar-refractivity contribution in [3.8, 4) is 0 Å². The standard InChI is InChI=1S/C9H11O.Co.2HI/c10-8-9-6-4-2-1-3-5-7-9;;;/h1-2,7H,3-6H2;;2*1H/q;+2;;/p-2. The van der Waals surface area contributed by atoms with Crippen molar-refractivity contribution < 1.29 is 12.0 Å². The maximum absolute atomic E-state index is 11.7. The summed E-state index contributed by atoms with van der Waals surface area (Å²) in [6.07, 6.45) is 10.6. The van der Waals surface area contributed by atoms with Crippen molar-refractivity contribution in [3.63, 3.8) is 0 Å². The molecule has 0 aromatic rings. The maximum atomic E-state index is 11.7. The van der Waals surface area contributed by atoms with Crippen molar-refractivity contribution in [2.75, 3.05) is 0 Å². The molecule has 1 aliphatic rings. The van der Waals surface area contributed by atoms with Crippen molar-refractivity contribution >= 4 is 45.5 Å². The summed E-state index contributed by atoms with van der Waals surface area (Å²) in [4.78, 5) is 11.7. The molecule has 0 spiro atoms. The number of hydrogen-bond donors (Lipinski definition) is 0. The normalized spacial score (nSPS) is 18.6. The van der Waals surface area contributed by atoms with Crippen LogP contribution < -0.4 is 0 Å². The Kier molecular flexibility index (Phi) is 6.16. The number of allylic oxidation sites excluding steroid dienone is 4. The molecule has 0 N–H and O–H groups in total. The van der Waals surface area contributed by atoms with E-state index in [1.807, 2.05) is 0 Å². The summed E-state index contributed by atoms with van der Waals surface area (Å²) in [6.45, 7) is 0. The van der Waals surface area contributed by atoms with Crippen LogP contribution in [-0.4, -0.2) is 4.72 Å². The fourth-order valence-electron chi connectivity index (χ4n) is 1.18. The first-order chi connectivity index (χ1) is 6.22. The molecule has 76 valence electrons. The second-order valence-corrected chi connectivity index (χ2v) is 15.4. The summed E-state index contributed by atoms with van der Waals surface area (Å²) in [5.74, 6) is 0. The van der Waals surface area contributed by atoms with Crippen molar-refractivity contribution in [2.24, 2.45) is 0 Å². The Bertz CT molecular complexity index is 246. The van der Waals surface area contributed by atoms with Gasteiger partial charge in [-0.15, -0.1) is 0 Å². The summed E-state index contributed by atoms with van der Waals surface area (Å²) in [5, 5.41) is 0. The molecule has 0 fully saturated rings. The Labute approximate surface area is 106 Å². The molecule has 1 rings (SSSR count). The van der Waals surface area contributed by atoms with Gasteiger partial charge in [-0.05, 0) is 0 Å². The number of carbonyl (C=O) groups is 1. The second kappa shape index (κ2) is 6.57. The van der Waals surface area contributed by atoms with E-state index in [0.717, 1.165) is 31.3 Å². The first kappa shape index (κ1) is 12.2. The minimum absolute atomic E-state index is 0.365.